The van der Waals surface area contributed by atoms with E-state index in [1.54, 1.807) is 12.1 Å². The summed E-state index contributed by atoms with van der Waals surface area (Å²) >= 11 is 0. The molecule has 0 atom stereocenters. The molecule has 1 aliphatic rings. The third-order valence-corrected chi connectivity index (χ3v) is 4.04. The van der Waals surface area contributed by atoms with E-state index in [1.807, 2.05) is 12.1 Å². The van der Waals surface area contributed by atoms with Crippen molar-refractivity contribution in [2.75, 3.05) is 0 Å². The molecule has 0 amide bonds. The molecule has 1 aromatic rings. The Kier molecular flexibility index (Phi) is 7.55. The summed E-state index contributed by atoms with van der Waals surface area (Å²) in [6, 6.07) is 7.03. The predicted molar refractivity (Wildman–Crippen MR) is 86.0 cm³/mol. The molecule has 132 valence electrons. The topological polar surface area (TPSA) is 71.1 Å². The molecule has 2 rings (SSSR count). The molecule has 1 saturated carbocycles. The van der Waals surface area contributed by atoms with Crippen molar-refractivity contribution in [2.24, 2.45) is 0 Å². The quantitative estimate of drug-likeness (QED) is 0.414. The lowest BCUT2D eigenvalue weighted by molar-refractivity contribution is -0.453. The monoisotopic (exact) mass is 336 g/mol. The molecular formula is C18H24O6. The van der Waals surface area contributed by atoms with Gasteiger partial charge in [0.15, 0.2) is 0 Å². The Labute approximate surface area is 141 Å². The van der Waals surface area contributed by atoms with Crippen LogP contribution in [0.15, 0.2) is 24.3 Å². The smallest absolute Gasteiger partial charge is 0.429 e. The summed E-state index contributed by atoms with van der Waals surface area (Å²) in [5.74, 6) is -0.734. The summed E-state index contributed by atoms with van der Waals surface area (Å²) in [5, 5.41) is 4.22. The first-order chi connectivity index (χ1) is 11.7. The Bertz CT molecular complexity index is 519. The minimum Gasteiger partial charge on any atom is -0.429 e. The van der Waals surface area contributed by atoms with E-state index in [0.717, 1.165) is 56.9 Å². The Morgan fingerprint density at radius 3 is 2.42 bits per heavy atom. The minimum atomic E-state index is -0.996. The molecule has 0 bridgehead atoms. The summed E-state index contributed by atoms with van der Waals surface area (Å²) in [5.41, 5.74) is 1.47. The molecule has 0 heterocycles. The maximum Gasteiger partial charge on any atom is 0.543 e. The summed E-state index contributed by atoms with van der Waals surface area (Å²) < 4.78 is 5.05. The van der Waals surface area contributed by atoms with Crippen LogP contribution in [0.4, 0.5) is 4.79 Å². The van der Waals surface area contributed by atoms with Crippen molar-refractivity contribution in [3.05, 3.63) is 35.4 Å². The Morgan fingerprint density at radius 1 is 1.04 bits per heavy atom. The van der Waals surface area contributed by atoms with Crippen LogP contribution in [0.1, 0.15) is 67.8 Å². The van der Waals surface area contributed by atoms with Gasteiger partial charge in [0, 0.05) is 0 Å². The van der Waals surface area contributed by atoms with Crippen LogP contribution in [0.5, 0.6) is 0 Å². The molecule has 24 heavy (non-hydrogen) atoms. The summed E-state index contributed by atoms with van der Waals surface area (Å²) in [6.45, 7) is 2.13. The van der Waals surface area contributed by atoms with Gasteiger partial charge in [-0.25, -0.2) is 14.5 Å². The molecule has 0 N–H and O–H groups in total. The van der Waals surface area contributed by atoms with Crippen LogP contribution in [0.25, 0.3) is 0 Å². The Balaban J connectivity index is 1.67. The van der Waals surface area contributed by atoms with Crippen molar-refractivity contribution in [3.8, 4) is 0 Å². The molecule has 0 aliphatic heterocycles. The van der Waals surface area contributed by atoms with Gasteiger partial charge in [0.1, 0.15) is 6.10 Å². The fourth-order valence-corrected chi connectivity index (χ4v) is 2.65. The van der Waals surface area contributed by atoms with Gasteiger partial charge >= 0.3 is 12.1 Å². The highest BCUT2D eigenvalue weighted by atomic mass is 17.5. The summed E-state index contributed by atoms with van der Waals surface area (Å²) in [7, 11) is 0. The third kappa shape index (κ3) is 6.20. The van der Waals surface area contributed by atoms with Crippen molar-refractivity contribution in [3.63, 3.8) is 0 Å². The lowest BCUT2D eigenvalue weighted by atomic mass is 9.98. The molecule has 0 spiro atoms. The first-order valence-electron chi connectivity index (χ1n) is 8.54. The molecule has 0 aromatic heterocycles. The van der Waals surface area contributed by atoms with E-state index >= 15 is 0 Å². The lowest BCUT2D eigenvalue weighted by Crippen LogP contribution is -2.22. The zero-order valence-electron chi connectivity index (χ0n) is 14.0. The fraction of sp³-hybridized carbons (Fsp3) is 0.556. The van der Waals surface area contributed by atoms with Gasteiger partial charge in [-0.1, -0.05) is 31.9 Å². The van der Waals surface area contributed by atoms with Crippen LogP contribution >= 0.6 is 0 Å². The van der Waals surface area contributed by atoms with Crippen molar-refractivity contribution in [1.29, 1.82) is 0 Å². The van der Waals surface area contributed by atoms with Crippen LogP contribution in [-0.2, 0) is 26.0 Å². The van der Waals surface area contributed by atoms with Gasteiger partial charge in [0.2, 0.25) is 0 Å². The lowest BCUT2D eigenvalue weighted by Gasteiger charge is -2.20. The van der Waals surface area contributed by atoms with Crippen LogP contribution in [0, 0.1) is 0 Å². The number of carbonyl (C=O) groups excluding carboxylic acids is 2. The van der Waals surface area contributed by atoms with Crippen LogP contribution < -0.4 is 0 Å². The first-order valence-corrected chi connectivity index (χ1v) is 8.54. The number of hydrogen-bond donors (Lipinski definition) is 0. The van der Waals surface area contributed by atoms with Crippen molar-refractivity contribution in [1.82, 2.24) is 0 Å². The number of ether oxygens (including phenoxy) is 1. The zero-order chi connectivity index (χ0) is 17.2. The second-order valence-corrected chi connectivity index (χ2v) is 5.95. The Morgan fingerprint density at radius 2 is 1.75 bits per heavy atom. The second-order valence-electron chi connectivity index (χ2n) is 5.95. The van der Waals surface area contributed by atoms with E-state index in [4.69, 9.17) is 4.74 Å². The van der Waals surface area contributed by atoms with Crippen molar-refractivity contribution < 1.29 is 29.1 Å². The second kappa shape index (κ2) is 9.93. The first kappa shape index (κ1) is 18.3. The highest BCUT2D eigenvalue weighted by molar-refractivity contribution is 5.88. The Hall–Kier alpha value is -2.08. The predicted octanol–water partition coefficient (Wildman–Crippen LogP) is 4.52. The van der Waals surface area contributed by atoms with Crippen LogP contribution in [0.3, 0.4) is 0 Å². The average Bonchev–Trinajstić information content (AvgIpc) is 2.61. The van der Waals surface area contributed by atoms with Crippen LogP contribution in [-0.4, -0.2) is 18.2 Å². The molecule has 6 nitrogen and oxygen atoms in total. The van der Waals surface area contributed by atoms with Crippen LogP contribution in [0.2, 0.25) is 0 Å². The molecule has 0 saturated heterocycles. The van der Waals surface area contributed by atoms with E-state index in [2.05, 4.69) is 21.7 Å². The van der Waals surface area contributed by atoms with Gasteiger partial charge in [0.25, 0.3) is 0 Å². The molecule has 6 heteroatoms. The van der Waals surface area contributed by atoms with Gasteiger partial charge in [-0.05, 0) is 56.2 Å². The van der Waals surface area contributed by atoms with Crippen molar-refractivity contribution in [2.45, 2.75) is 64.4 Å². The van der Waals surface area contributed by atoms with E-state index in [1.165, 1.54) is 0 Å². The number of benzene rings is 1. The van der Waals surface area contributed by atoms with E-state index in [0.29, 0.717) is 5.56 Å². The van der Waals surface area contributed by atoms with Gasteiger partial charge in [-0.3, -0.25) is 4.89 Å². The highest BCUT2D eigenvalue weighted by Gasteiger charge is 2.20. The van der Waals surface area contributed by atoms with E-state index < -0.39 is 12.1 Å². The number of hydrogen-bond acceptors (Lipinski definition) is 6. The molecule has 0 unspecified atom stereocenters. The molecular weight excluding hydrogens is 312 g/mol. The van der Waals surface area contributed by atoms with E-state index in [9.17, 15) is 9.59 Å². The van der Waals surface area contributed by atoms with E-state index in [-0.39, 0.29) is 6.10 Å². The van der Waals surface area contributed by atoms with Gasteiger partial charge < -0.3 is 4.74 Å². The molecule has 1 fully saturated rings. The maximum atomic E-state index is 11.8. The maximum absolute atomic E-state index is 11.8. The van der Waals surface area contributed by atoms with Gasteiger partial charge in [-0.2, -0.15) is 0 Å². The highest BCUT2D eigenvalue weighted by Crippen LogP contribution is 2.20. The van der Waals surface area contributed by atoms with Gasteiger partial charge in [-0.15, -0.1) is 0 Å². The molecule has 1 aromatic carbocycles. The molecule has 0 radical (unpaired) electrons. The summed E-state index contributed by atoms with van der Waals surface area (Å²) in [4.78, 5) is 31.9. The third-order valence-electron chi connectivity index (χ3n) is 4.04. The van der Waals surface area contributed by atoms with Gasteiger partial charge in [0.05, 0.1) is 10.6 Å². The molecule has 1 aliphatic carbocycles. The standard InChI is InChI=1S/C18H24O6/c1-2-3-7-14-10-12-15(13-11-14)17(19)22-24-23-18(20)21-16-8-5-4-6-9-16/h10-13,16H,2-9H2,1H3. The fourth-order valence-electron chi connectivity index (χ4n) is 2.65. The average molecular weight is 336 g/mol. The minimum absolute atomic E-state index is 0.152. The zero-order valence-corrected chi connectivity index (χ0v) is 14.0. The normalized spacial score (nSPS) is 14.9. The number of rotatable bonds is 7. The van der Waals surface area contributed by atoms with Crippen molar-refractivity contribution >= 4 is 12.1 Å². The largest absolute Gasteiger partial charge is 0.543 e. The SMILES string of the molecule is CCCCc1ccc(C(=O)OOOC(=O)OC2CCCCC2)cc1. The summed E-state index contributed by atoms with van der Waals surface area (Å²) in [6.07, 6.45) is 6.89. The number of unbranched alkanes of at least 4 members (excludes halogenated alkanes) is 1. The number of carbonyl (C=O) groups is 2. The number of aryl methyl sites for hydroxylation is 1.